The van der Waals surface area contributed by atoms with E-state index in [0.29, 0.717) is 12.5 Å². The topological polar surface area (TPSA) is 58.6 Å². The van der Waals surface area contributed by atoms with Crippen LogP contribution in [0.15, 0.2) is 24.3 Å². The van der Waals surface area contributed by atoms with E-state index in [1.54, 1.807) is 7.11 Å². The average Bonchev–Trinajstić information content (AvgIpc) is 3.19. The SMILES string of the molecule is COc1ccc(CCNC(C(=O)O)C2CC2)cc1. The molecule has 0 spiro atoms. The zero-order valence-electron chi connectivity index (χ0n) is 10.6. The van der Waals surface area contributed by atoms with Gasteiger partial charge >= 0.3 is 5.97 Å². The maximum absolute atomic E-state index is 11.0. The third-order valence-corrected chi connectivity index (χ3v) is 3.30. The predicted octanol–water partition coefficient (Wildman–Crippen LogP) is 1.69. The predicted molar refractivity (Wildman–Crippen MR) is 68.8 cm³/mol. The van der Waals surface area contributed by atoms with E-state index < -0.39 is 5.97 Å². The molecule has 0 aromatic heterocycles. The lowest BCUT2D eigenvalue weighted by molar-refractivity contribution is -0.140. The van der Waals surface area contributed by atoms with Gasteiger partial charge in [-0.15, -0.1) is 0 Å². The van der Waals surface area contributed by atoms with Crippen molar-refractivity contribution in [3.63, 3.8) is 0 Å². The van der Waals surface area contributed by atoms with Crippen molar-refractivity contribution in [3.8, 4) is 5.75 Å². The first kappa shape index (κ1) is 12.9. The second-order valence-electron chi connectivity index (χ2n) is 4.71. The van der Waals surface area contributed by atoms with Crippen LogP contribution in [0, 0.1) is 5.92 Å². The summed E-state index contributed by atoms with van der Waals surface area (Å²) in [7, 11) is 1.64. The van der Waals surface area contributed by atoms with E-state index in [9.17, 15) is 4.79 Å². The van der Waals surface area contributed by atoms with Crippen molar-refractivity contribution in [2.75, 3.05) is 13.7 Å². The zero-order valence-corrected chi connectivity index (χ0v) is 10.6. The molecule has 1 saturated carbocycles. The summed E-state index contributed by atoms with van der Waals surface area (Å²) in [6.07, 6.45) is 2.90. The highest BCUT2D eigenvalue weighted by Gasteiger charge is 2.35. The van der Waals surface area contributed by atoms with Gasteiger partial charge in [-0.1, -0.05) is 12.1 Å². The second-order valence-corrected chi connectivity index (χ2v) is 4.71. The Balaban J connectivity index is 1.78. The van der Waals surface area contributed by atoms with Crippen LogP contribution in [0.2, 0.25) is 0 Å². The Morgan fingerprint density at radius 3 is 2.61 bits per heavy atom. The van der Waals surface area contributed by atoms with E-state index in [4.69, 9.17) is 9.84 Å². The van der Waals surface area contributed by atoms with Gasteiger partial charge in [-0.2, -0.15) is 0 Å². The molecule has 0 saturated heterocycles. The molecule has 1 aromatic carbocycles. The van der Waals surface area contributed by atoms with Crippen molar-refractivity contribution in [3.05, 3.63) is 29.8 Å². The first-order valence-corrected chi connectivity index (χ1v) is 6.30. The molecule has 98 valence electrons. The highest BCUT2D eigenvalue weighted by Crippen LogP contribution is 2.32. The fourth-order valence-electron chi connectivity index (χ4n) is 2.05. The fraction of sp³-hybridized carbons (Fsp3) is 0.500. The van der Waals surface area contributed by atoms with Crippen molar-refractivity contribution < 1.29 is 14.6 Å². The van der Waals surface area contributed by atoms with Crippen LogP contribution >= 0.6 is 0 Å². The van der Waals surface area contributed by atoms with E-state index in [0.717, 1.165) is 25.0 Å². The summed E-state index contributed by atoms with van der Waals surface area (Å²) in [5.41, 5.74) is 1.18. The largest absolute Gasteiger partial charge is 0.497 e. The molecule has 1 atom stereocenters. The van der Waals surface area contributed by atoms with Crippen molar-refractivity contribution in [1.29, 1.82) is 0 Å². The molecule has 2 N–H and O–H groups in total. The Labute approximate surface area is 107 Å². The van der Waals surface area contributed by atoms with Gasteiger partial charge in [0.2, 0.25) is 0 Å². The van der Waals surface area contributed by atoms with Gasteiger partial charge in [-0.25, -0.2) is 0 Å². The summed E-state index contributed by atoms with van der Waals surface area (Å²) in [6.45, 7) is 0.694. The van der Waals surface area contributed by atoms with Crippen molar-refractivity contribution >= 4 is 5.97 Å². The van der Waals surface area contributed by atoms with Gasteiger partial charge in [-0.3, -0.25) is 4.79 Å². The molecule has 0 aliphatic heterocycles. The first-order chi connectivity index (χ1) is 8.70. The molecule has 0 bridgehead atoms. The number of carbonyl (C=O) groups is 1. The summed E-state index contributed by atoms with van der Waals surface area (Å²) in [4.78, 5) is 11.0. The number of aliphatic carboxylic acids is 1. The number of nitrogens with one attached hydrogen (secondary N) is 1. The number of ether oxygens (including phenoxy) is 1. The quantitative estimate of drug-likeness (QED) is 0.772. The average molecular weight is 249 g/mol. The van der Waals surface area contributed by atoms with Gasteiger partial charge in [0.15, 0.2) is 0 Å². The van der Waals surface area contributed by atoms with E-state index >= 15 is 0 Å². The summed E-state index contributed by atoms with van der Waals surface area (Å²) in [5, 5.41) is 12.2. The van der Waals surface area contributed by atoms with Crippen molar-refractivity contribution in [2.45, 2.75) is 25.3 Å². The molecule has 1 fully saturated rings. The van der Waals surface area contributed by atoms with E-state index in [1.165, 1.54) is 5.56 Å². The maximum Gasteiger partial charge on any atom is 0.320 e. The minimum atomic E-state index is -0.729. The van der Waals surface area contributed by atoms with Crippen LogP contribution in [0.3, 0.4) is 0 Å². The number of carboxylic acids is 1. The Morgan fingerprint density at radius 1 is 1.44 bits per heavy atom. The van der Waals surface area contributed by atoms with E-state index in [2.05, 4.69) is 5.32 Å². The van der Waals surface area contributed by atoms with Crippen LogP contribution in [0.5, 0.6) is 5.75 Å². The van der Waals surface area contributed by atoms with Crippen LogP contribution in [0.4, 0.5) is 0 Å². The lowest BCUT2D eigenvalue weighted by Crippen LogP contribution is -2.39. The van der Waals surface area contributed by atoms with E-state index in [1.807, 2.05) is 24.3 Å². The lowest BCUT2D eigenvalue weighted by atomic mass is 10.1. The number of rotatable bonds is 7. The van der Waals surface area contributed by atoms with Crippen LogP contribution in [0.25, 0.3) is 0 Å². The van der Waals surface area contributed by atoms with E-state index in [-0.39, 0.29) is 6.04 Å². The Bertz CT molecular complexity index is 398. The summed E-state index contributed by atoms with van der Waals surface area (Å²) in [5.74, 6) is 0.443. The Morgan fingerprint density at radius 2 is 2.11 bits per heavy atom. The summed E-state index contributed by atoms with van der Waals surface area (Å²) >= 11 is 0. The molecule has 1 unspecified atom stereocenters. The standard InChI is InChI=1S/C14H19NO3/c1-18-12-6-2-10(3-7-12)8-9-15-13(14(16)17)11-4-5-11/h2-3,6-7,11,13,15H,4-5,8-9H2,1H3,(H,16,17). The molecule has 4 nitrogen and oxygen atoms in total. The minimum absolute atomic E-state index is 0.332. The molecule has 0 amide bonds. The second kappa shape index (κ2) is 5.87. The first-order valence-electron chi connectivity index (χ1n) is 6.30. The maximum atomic E-state index is 11.0. The minimum Gasteiger partial charge on any atom is -0.497 e. The van der Waals surface area contributed by atoms with Crippen molar-refractivity contribution in [1.82, 2.24) is 5.32 Å². The molecular formula is C14H19NO3. The number of hydrogen-bond donors (Lipinski definition) is 2. The molecule has 4 heteroatoms. The van der Waals surface area contributed by atoms with Crippen LogP contribution in [0.1, 0.15) is 18.4 Å². The molecule has 1 aromatic rings. The number of methoxy groups -OCH3 is 1. The Hall–Kier alpha value is -1.55. The Kier molecular flexibility index (Phi) is 4.20. The lowest BCUT2D eigenvalue weighted by Gasteiger charge is -2.13. The molecule has 0 radical (unpaired) electrons. The molecule has 2 rings (SSSR count). The summed E-state index contributed by atoms with van der Waals surface area (Å²) in [6, 6.07) is 7.49. The molecular weight excluding hydrogens is 230 g/mol. The van der Waals surface area contributed by atoms with Crippen molar-refractivity contribution in [2.24, 2.45) is 5.92 Å². The van der Waals surface area contributed by atoms with Gasteiger partial charge in [0.25, 0.3) is 0 Å². The molecule has 0 heterocycles. The van der Waals surface area contributed by atoms with Gasteiger partial charge < -0.3 is 15.2 Å². The molecule has 1 aliphatic carbocycles. The molecule has 1 aliphatic rings. The van der Waals surface area contributed by atoms with Crippen LogP contribution in [-0.4, -0.2) is 30.8 Å². The zero-order chi connectivity index (χ0) is 13.0. The normalized spacial score (nSPS) is 16.3. The number of hydrogen-bond acceptors (Lipinski definition) is 3. The van der Waals surface area contributed by atoms with Gasteiger partial charge in [0.05, 0.1) is 7.11 Å². The van der Waals surface area contributed by atoms with Crippen LogP contribution in [-0.2, 0) is 11.2 Å². The molecule has 18 heavy (non-hydrogen) atoms. The number of benzene rings is 1. The monoisotopic (exact) mass is 249 g/mol. The highest BCUT2D eigenvalue weighted by atomic mass is 16.5. The third kappa shape index (κ3) is 3.47. The van der Waals surface area contributed by atoms with Gasteiger partial charge in [-0.05, 0) is 49.4 Å². The van der Waals surface area contributed by atoms with Crippen LogP contribution < -0.4 is 10.1 Å². The highest BCUT2D eigenvalue weighted by molar-refractivity contribution is 5.74. The van der Waals surface area contributed by atoms with Gasteiger partial charge in [0.1, 0.15) is 11.8 Å². The number of carboxylic acid groups (broad SMARTS) is 1. The summed E-state index contributed by atoms with van der Waals surface area (Å²) < 4.78 is 5.09. The smallest absolute Gasteiger partial charge is 0.320 e. The van der Waals surface area contributed by atoms with Gasteiger partial charge in [0, 0.05) is 0 Å². The fourth-order valence-corrected chi connectivity index (χ4v) is 2.05. The third-order valence-electron chi connectivity index (χ3n) is 3.30.